The minimum absolute atomic E-state index is 0.242. The Balaban J connectivity index is 1.82. The predicted octanol–water partition coefficient (Wildman–Crippen LogP) is 2.75. The zero-order valence-corrected chi connectivity index (χ0v) is 15.7. The van der Waals surface area contributed by atoms with Crippen LogP contribution in [0.5, 0.6) is 0 Å². The Morgan fingerprint density at radius 1 is 1.36 bits per heavy atom. The number of aliphatic imine (C=N–C) groups is 1. The van der Waals surface area contributed by atoms with Crippen molar-refractivity contribution in [3.05, 3.63) is 35.4 Å². The second kappa shape index (κ2) is 9.85. The number of hydrogen-bond donors (Lipinski definition) is 2. The van der Waals surface area contributed by atoms with Gasteiger partial charge in [0.1, 0.15) is 0 Å². The Morgan fingerprint density at radius 3 is 2.88 bits per heavy atom. The summed E-state index contributed by atoms with van der Waals surface area (Å²) in [6.07, 6.45) is 4.34. The molecule has 2 rings (SSSR count). The molecule has 25 heavy (non-hydrogen) atoms. The molecule has 1 saturated carbocycles. The normalized spacial score (nSPS) is 22.5. The topological polar surface area (TPSA) is 53.5 Å². The Labute approximate surface area is 151 Å². The van der Waals surface area contributed by atoms with Gasteiger partial charge in [0, 0.05) is 41.4 Å². The lowest BCUT2D eigenvalue weighted by molar-refractivity contribution is 0.413. The van der Waals surface area contributed by atoms with E-state index < -0.39 is 22.4 Å². The number of nitrogens with one attached hydrogen (secondary N) is 2. The van der Waals surface area contributed by atoms with Crippen molar-refractivity contribution in [2.75, 3.05) is 19.3 Å². The van der Waals surface area contributed by atoms with Gasteiger partial charge in [-0.05, 0) is 37.3 Å². The van der Waals surface area contributed by atoms with Crippen LogP contribution >= 0.6 is 0 Å². The molecule has 0 aliphatic heterocycles. The van der Waals surface area contributed by atoms with Crippen molar-refractivity contribution < 1.29 is 13.0 Å². The average molecular weight is 371 g/mol. The third-order valence-electron chi connectivity index (χ3n) is 4.57. The zero-order chi connectivity index (χ0) is 18.2. The summed E-state index contributed by atoms with van der Waals surface area (Å²) in [5, 5.41) is 6.75. The number of benzene rings is 1. The van der Waals surface area contributed by atoms with Crippen molar-refractivity contribution in [1.29, 1.82) is 0 Å². The molecule has 4 nitrogen and oxygen atoms in total. The lowest BCUT2D eigenvalue weighted by atomic mass is 9.95. The van der Waals surface area contributed by atoms with Gasteiger partial charge in [-0.25, -0.2) is 8.78 Å². The van der Waals surface area contributed by atoms with Crippen LogP contribution in [0.15, 0.2) is 23.2 Å². The van der Waals surface area contributed by atoms with E-state index in [-0.39, 0.29) is 11.3 Å². The summed E-state index contributed by atoms with van der Waals surface area (Å²) >= 11 is 0. The highest BCUT2D eigenvalue weighted by atomic mass is 32.2. The second-order valence-corrected chi connectivity index (χ2v) is 8.27. The summed E-state index contributed by atoms with van der Waals surface area (Å²) in [6.45, 7) is 2.41. The van der Waals surface area contributed by atoms with E-state index >= 15 is 0 Å². The average Bonchev–Trinajstić information content (AvgIpc) is 2.63. The SMILES string of the molecule is CCS(=O)C1CCCC(NC(=NC)NCCc2cccc(F)c2F)C1. The molecule has 1 aliphatic rings. The van der Waals surface area contributed by atoms with Crippen LogP contribution in [-0.2, 0) is 17.2 Å². The molecule has 0 bridgehead atoms. The Bertz CT molecular complexity index is 624. The maximum Gasteiger partial charge on any atom is 0.191 e. The molecule has 1 fully saturated rings. The Kier molecular flexibility index (Phi) is 7.81. The summed E-state index contributed by atoms with van der Waals surface area (Å²) < 4.78 is 38.9. The van der Waals surface area contributed by atoms with Gasteiger partial charge >= 0.3 is 0 Å². The van der Waals surface area contributed by atoms with Gasteiger partial charge in [0.05, 0.1) is 0 Å². The summed E-state index contributed by atoms with van der Waals surface area (Å²) in [5.41, 5.74) is 0.346. The molecule has 1 aromatic rings. The number of guanidine groups is 1. The van der Waals surface area contributed by atoms with Gasteiger partial charge in [-0.3, -0.25) is 9.20 Å². The first-order valence-corrected chi connectivity index (χ1v) is 10.2. The van der Waals surface area contributed by atoms with E-state index in [1.165, 1.54) is 6.07 Å². The Morgan fingerprint density at radius 2 is 2.16 bits per heavy atom. The van der Waals surface area contributed by atoms with Crippen LogP contribution in [0, 0.1) is 11.6 Å². The van der Waals surface area contributed by atoms with Gasteiger partial charge in [0.2, 0.25) is 0 Å². The van der Waals surface area contributed by atoms with Gasteiger partial charge in [0.25, 0.3) is 0 Å². The van der Waals surface area contributed by atoms with Crippen LogP contribution in [0.25, 0.3) is 0 Å². The molecule has 0 radical (unpaired) electrons. The first-order valence-electron chi connectivity index (χ1n) is 8.82. The monoisotopic (exact) mass is 371 g/mol. The summed E-state index contributed by atoms with van der Waals surface area (Å²) in [6, 6.07) is 4.46. The molecule has 0 heterocycles. The maximum atomic E-state index is 13.7. The van der Waals surface area contributed by atoms with Crippen LogP contribution < -0.4 is 10.6 Å². The second-order valence-electron chi connectivity index (χ2n) is 6.26. The number of rotatable bonds is 6. The summed E-state index contributed by atoms with van der Waals surface area (Å²) in [5.74, 6) is -0.268. The van der Waals surface area contributed by atoms with Crippen molar-refractivity contribution in [2.24, 2.45) is 4.99 Å². The molecule has 7 heteroatoms. The van der Waals surface area contributed by atoms with Crippen molar-refractivity contribution in [1.82, 2.24) is 10.6 Å². The van der Waals surface area contributed by atoms with Crippen LogP contribution in [-0.4, -0.2) is 40.8 Å². The van der Waals surface area contributed by atoms with Crippen LogP contribution in [0.3, 0.4) is 0 Å². The quantitative estimate of drug-likeness (QED) is 0.597. The number of nitrogens with zero attached hydrogens (tertiary/aromatic N) is 1. The van der Waals surface area contributed by atoms with Crippen LogP contribution in [0.4, 0.5) is 8.78 Å². The van der Waals surface area contributed by atoms with Gasteiger partial charge in [-0.15, -0.1) is 0 Å². The third-order valence-corrected chi connectivity index (χ3v) is 6.31. The molecule has 0 spiro atoms. The highest BCUT2D eigenvalue weighted by Gasteiger charge is 2.26. The van der Waals surface area contributed by atoms with Gasteiger partial charge < -0.3 is 10.6 Å². The molecule has 3 atom stereocenters. The fourth-order valence-corrected chi connectivity index (χ4v) is 4.54. The van der Waals surface area contributed by atoms with E-state index in [9.17, 15) is 13.0 Å². The van der Waals surface area contributed by atoms with Crippen LogP contribution in [0.1, 0.15) is 38.2 Å². The van der Waals surface area contributed by atoms with Crippen molar-refractivity contribution in [3.8, 4) is 0 Å². The first-order chi connectivity index (χ1) is 12.0. The first kappa shape index (κ1) is 19.8. The standard InChI is InChI=1S/C18H27F2N3OS/c1-3-25(24)15-8-5-7-14(12-15)23-18(21-2)22-11-10-13-6-4-9-16(19)17(13)20/h4,6,9,14-15H,3,5,7-8,10-12H2,1-2H3,(H2,21,22,23). The van der Waals surface area contributed by atoms with Gasteiger partial charge in [-0.2, -0.15) is 0 Å². The maximum absolute atomic E-state index is 13.7. The van der Waals surface area contributed by atoms with E-state index in [0.29, 0.717) is 30.2 Å². The minimum Gasteiger partial charge on any atom is -0.356 e. The smallest absolute Gasteiger partial charge is 0.191 e. The van der Waals surface area contributed by atoms with Gasteiger partial charge in [0.15, 0.2) is 17.6 Å². The highest BCUT2D eigenvalue weighted by molar-refractivity contribution is 7.85. The minimum atomic E-state index is -0.822. The lowest BCUT2D eigenvalue weighted by Gasteiger charge is -2.30. The number of hydrogen-bond acceptors (Lipinski definition) is 2. The molecule has 0 aromatic heterocycles. The van der Waals surface area contributed by atoms with E-state index in [1.54, 1.807) is 13.1 Å². The van der Waals surface area contributed by atoms with Crippen molar-refractivity contribution in [2.45, 2.75) is 50.3 Å². The van der Waals surface area contributed by atoms with E-state index in [1.807, 2.05) is 6.92 Å². The van der Waals surface area contributed by atoms with E-state index in [4.69, 9.17) is 0 Å². The predicted molar refractivity (Wildman–Crippen MR) is 99.3 cm³/mol. The van der Waals surface area contributed by atoms with E-state index in [0.717, 1.165) is 31.7 Å². The summed E-state index contributed by atoms with van der Waals surface area (Å²) in [4.78, 5) is 4.19. The lowest BCUT2D eigenvalue weighted by Crippen LogP contribution is -2.47. The number of halogens is 2. The largest absolute Gasteiger partial charge is 0.356 e. The molecule has 2 N–H and O–H groups in total. The summed E-state index contributed by atoms with van der Waals surface area (Å²) in [7, 11) is 0.920. The molecule has 1 aliphatic carbocycles. The highest BCUT2D eigenvalue weighted by Crippen LogP contribution is 2.23. The zero-order valence-electron chi connectivity index (χ0n) is 14.9. The van der Waals surface area contributed by atoms with Crippen molar-refractivity contribution in [3.63, 3.8) is 0 Å². The fourth-order valence-electron chi connectivity index (χ4n) is 3.20. The molecule has 0 saturated heterocycles. The van der Waals surface area contributed by atoms with Gasteiger partial charge in [-0.1, -0.05) is 25.5 Å². The molecule has 0 amide bonds. The third kappa shape index (κ3) is 5.76. The van der Waals surface area contributed by atoms with Crippen molar-refractivity contribution >= 4 is 16.8 Å². The molecular weight excluding hydrogens is 344 g/mol. The Hall–Kier alpha value is -1.50. The molecule has 140 valence electrons. The molecular formula is C18H27F2N3OS. The van der Waals surface area contributed by atoms with Crippen LogP contribution in [0.2, 0.25) is 0 Å². The fraction of sp³-hybridized carbons (Fsp3) is 0.611. The molecule has 1 aromatic carbocycles. The molecule has 3 unspecified atom stereocenters. The van der Waals surface area contributed by atoms with E-state index in [2.05, 4.69) is 15.6 Å².